The van der Waals surface area contributed by atoms with E-state index in [2.05, 4.69) is 20.7 Å². The number of pyridine rings is 2. The van der Waals surface area contributed by atoms with Crippen molar-refractivity contribution < 1.29 is 27.9 Å². The van der Waals surface area contributed by atoms with Crippen molar-refractivity contribution in [3.8, 4) is 5.69 Å². The summed E-state index contributed by atoms with van der Waals surface area (Å²) in [4.78, 5) is 39.1. The number of hydrogen-bond acceptors (Lipinski definition) is 6. The number of nitrogens with zero attached hydrogens (tertiary/aromatic N) is 4. The summed E-state index contributed by atoms with van der Waals surface area (Å²) in [5.74, 6) is -1.92. The molecule has 4 heterocycles. The van der Waals surface area contributed by atoms with Crippen LogP contribution in [0.1, 0.15) is 21.7 Å². The molecule has 0 unspecified atom stereocenters. The third kappa shape index (κ3) is 5.29. The van der Waals surface area contributed by atoms with Crippen molar-refractivity contribution in [3.05, 3.63) is 88.4 Å². The molecule has 0 aromatic carbocycles. The number of hydrogen-bond donors (Lipinski definition) is 3. The van der Waals surface area contributed by atoms with Gasteiger partial charge in [0.15, 0.2) is 0 Å². The highest BCUT2D eigenvalue weighted by Crippen LogP contribution is 2.33. The van der Waals surface area contributed by atoms with Crippen molar-refractivity contribution in [2.45, 2.75) is 12.7 Å². The number of anilines is 1. The van der Waals surface area contributed by atoms with E-state index in [4.69, 9.17) is 5.11 Å². The minimum atomic E-state index is -4.67. The van der Waals surface area contributed by atoms with E-state index in [-0.39, 0.29) is 22.8 Å². The number of alkyl halides is 3. The Labute approximate surface area is 195 Å². The van der Waals surface area contributed by atoms with Gasteiger partial charge in [0, 0.05) is 18.8 Å². The molecule has 1 aliphatic rings. The van der Waals surface area contributed by atoms with Gasteiger partial charge in [0.2, 0.25) is 0 Å². The number of nitrogens with one attached hydrogen (secondary N) is 2. The Morgan fingerprint density at radius 2 is 2.00 bits per heavy atom. The lowest BCUT2D eigenvalue weighted by molar-refractivity contribution is -0.143. The number of aliphatic carboxylic acids is 1. The average molecular weight is 486 g/mol. The summed E-state index contributed by atoms with van der Waals surface area (Å²) in [5, 5.41) is 18.3. The van der Waals surface area contributed by atoms with Crippen LogP contribution in [0.3, 0.4) is 0 Å². The summed E-state index contributed by atoms with van der Waals surface area (Å²) < 4.78 is 42.5. The lowest BCUT2D eigenvalue weighted by atomic mass is 10.1. The number of dihydropyridines is 1. The van der Waals surface area contributed by atoms with Crippen molar-refractivity contribution in [1.82, 2.24) is 24.6 Å². The summed E-state index contributed by atoms with van der Waals surface area (Å²) in [6.07, 6.45) is 2.54. The maximum absolute atomic E-state index is 13.6. The van der Waals surface area contributed by atoms with Gasteiger partial charge in [0.05, 0.1) is 23.1 Å². The Bertz CT molecular complexity index is 1400. The monoisotopic (exact) mass is 486 g/mol. The van der Waals surface area contributed by atoms with Crippen molar-refractivity contribution in [3.63, 3.8) is 0 Å². The van der Waals surface area contributed by atoms with Gasteiger partial charge >= 0.3 is 12.1 Å². The topological polar surface area (TPSA) is 131 Å². The fraction of sp³-hybridized carbons (Fsp3) is 0.136. The number of rotatable bonds is 6. The lowest BCUT2D eigenvalue weighted by Crippen LogP contribution is -2.25. The van der Waals surface area contributed by atoms with Gasteiger partial charge in [-0.05, 0) is 42.1 Å². The molecule has 3 aromatic heterocycles. The molecular weight excluding hydrogens is 469 g/mol. The molecule has 0 bridgehead atoms. The zero-order valence-electron chi connectivity index (χ0n) is 17.8. The highest BCUT2D eigenvalue weighted by Gasteiger charge is 2.36. The van der Waals surface area contributed by atoms with Crippen LogP contribution in [0.2, 0.25) is 0 Å². The maximum atomic E-state index is 13.6. The highest BCUT2D eigenvalue weighted by molar-refractivity contribution is 6.03. The summed E-state index contributed by atoms with van der Waals surface area (Å²) in [6.45, 7) is -0.294. The highest BCUT2D eigenvalue weighted by atomic mass is 19.4. The van der Waals surface area contributed by atoms with Crippen LogP contribution in [0, 0.1) is 0 Å². The molecule has 180 valence electrons. The number of halogens is 3. The molecule has 0 spiro atoms. The first-order valence-electron chi connectivity index (χ1n) is 10.1. The van der Waals surface area contributed by atoms with Crippen LogP contribution in [0.15, 0.2) is 65.9 Å². The summed E-state index contributed by atoms with van der Waals surface area (Å²) in [6, 6.07) is 5.83. The molecule has 10 nitrogen and oxygen atoms in total. The van der Waals surface area contributed by atoms with Gasteiger partial charge in [-0.1, -0.05) is 6.08 Å². The molecule has 0 atom stereocenters. The fourth-order valence-corrected chi connectivity index (χ4v) is 3.28. The minimum absolute atomic E-state index is 0.00350. The van der Waals surface area contributed by atoms with Crippen LogP contribution in [0.4, 0.5) is 19.0 Å². The summed E-state index contributed by atoms with van der Waals surface area (Å²) in [5.41, 5.74) is -0.822. The molecule has 35 heavy (non-hydrogen) atoms. The zero-order chi connectivity index (χ0) is 25.2. The number of carboxylic acids is 1. The number of aromatic nitrogens is 4. The van der Waals surface area contributed by atoms with E-state index in [9.17, 15) is 27.6 Å². The molecule has 13 heteroatoms. The number of carboxylic acid groups (broad SMARTS) is 1. The van der Waals surface area contributed by atoms with Crippen LogP contribution >= 0.6 is 0 Å². The zero-order valence-corrected chi connectivity index (χ0v) is 17.8. The Kier molecular flexibility index (Phi) is 6.23. The largest absolute Gasteiger partial charge is 0.480 e. The molecule has 1 aliphatic heterocycles. The summed E-state index contributed by atoms with van der Waals surface area (Å²) >= 11 is 0. The van der Waals surface area contributed by atoms with E-state index in [0.29, 0.717) is 12.1 Å². The molecular formula is C22H17F3N6O4. The van der Waals surface area contributed by atoms with Crippen molar-refractivity contribution in [1.29, 1.82) is 0 Å². The van der Waals surface area contributed by atoms with Gasteiger partial charge in [0.1, 0.15) is 18.1 Å². The number of amides is 1. The Hall–Kier alpha value is -4.68. The minimum Gasteiger partial charge on any atom is -0.480 e. The molecule has 0 saturated carbocycles. The van der Waals surface area contributed by atoms with Crippen molar-refractivity contribution >= 4 is 23.3 Å². The van der Waals surface area contributed by atoms with Crippen LogP contribution in [-0.4, -0.2) is 42.9 Å². The molecule has 3 aromatic rings. The molecule has 0 aliphatic carbocycles. The molecule has 0 radical (unpaired) electrons. The van der Waals surface area contributed by atoms with E-state index >= 15 is 0 Å². The third-order valence-corrected chi connectivity index (χ3v) is 4.92. The molecule has 0 saturated heterocycles. The molecule has 3 N–H and O–H groups in total. The van der Waals surface area contributed by atoms with Crippen LogP contribution in [-0.2, 0) is 17.5 Å². The van der Waals surface area contributed by atoms with Crippen LogP contribution in [0.25, 0.3) is 11.3 Å². The van der Waals surface area contributed by atoms with Gasteiger partial charge in [-0.25, -0.2) is 9.67 Å². The maximum Gasteiger partial charge on any atom is 0.433 e. The van der Waals surface area contributed by atoms with E-state index < -0.39 is 35.9 Å². The van der Waals surface area contributed by atoms with Crippen molar-refractivity contribution in [2.24, 2.45) is 0 Å². The molecule has 1 amide bonds. The summed E-state index contributed by atoms with van der Waals surface area (Å²) in [7, 11) is 0. The second kappa shape index (κ2) is 9.29. The normalized spacial score (nSPS) is 13.2. The molecule has 4 rings (SSSR count). The SMILES string of the molecule is O=C(O)Cn1cc(C(=O)Nc2ccc(-n3nc(C4=CC=CNC4)cc3C(F)(F)F)cn2)ccc1=O. The van der Waals surface area contributed by atoms with Gasteiger partial charge in [-0.2, -0.15) is 18.3 Å². The van der Waals surface area contributed by atoms with Gasteiger partial charge in [-0.15, -0.1) is 0 Å². The average Bonchev–Trinajstić information content (AvgIpc) is 3.27. The van der Waals surface area contributed by atoms with E-state index in [1.807, 2.05) is 0 Å². The van der Waals surface area contributed by atoms with Gasteiger partial charge < -0.3 is 20.3 Å². The van der Waals surface area contributed by atoms with E-state index in [0.717, 1.165) is 33.8 Å². The number of carbonyl (C=O) groups is 2. The lowest BCUT2D eigenvalue weighted by Gasteiger charge is -2.11. The van der Waals surface area contributed by atoms with Crippen LogP contribution < -0.4 is 16.2 Å². The Morgan fingerprint density at radius 1 is 1.20 bits per heavy atom. The smallest absolute Gasteiger partial charge is 0.433 e. The van der Waals surface area contributed by atoms with E-state index in [1.54, 1.807) is 18.4 Å². The predicted molar refractivity (Wildman–Crippen MR) is 118 cm³/mol. The second-order valence-electron chi connectivity index (χ2n) is 7.39. The first-order valence-corrected chi connectivity index (χ1v) is 10.1. The van der Waals surface area contributed by atoms with Crippen molar-refractivity contribution in [2.75, 3.05) is 11.9 Å². The Balaban J connectivity index is 1.58. The third-order valence-electron chi connectivity index (χ3n) is 4.92. The first-order chi connectivity index (χ1) is 16.6. The van der Waals surface area contributed by atoms with Gasteiger partial charge in [0.25, 0.3) is 11.5 Å². The standard InChI is InChI=1S/C22H17F3N6O4/c23-22(24,25)17-8-16(13-2-1-7-26-9-13)29-31(17)15-4-5-18(27-10-15)28-21(35)14-3-6-19(32)30(11-14)12-20(33)34/h1-8,10-11,26H,9,12H2,(H,33,34)(H,27,28,35). The van der Waals surface area contributed by atoms with E-state index in [1.165, 1.54) is 18.2 Å². The number of carbonyl (C=O) groups excluding carboxylic acids is 1. The Morgan fingerprint density at radius 3 is 2.63 bits per heavy atom. The fourth-order valence-electron chi connectivity index (χ4n) is 3.28. The first kappa shape index (κ1) is 23.5. The van der Waals surface area contributed by atoms with Gasteiger partial charge in [-0.3, -0.25) is 14.4 Å². The quantitative estimate of drug-likeness (QED) is 0.487. The predicted octanol–water partition coefficient (Wildman–Crippen LogP) is 2.29. The molecule has 0 fully saturated rings. The second-order valence-corrected chi connectivity index (χ2v) is 7.39. The van der Waals surface area contributed by atoms with Crippen LogP contribution in [0.5, 0.6) is 0 Å². The number of allylic oxidation sites excluding steroid dienone is 2.